The molecule has 0 aliphatic heterocycles. The second-order valence-electron chi connectivity index (χ2n) is 10.7. The molecule has 0 unspecified atom stereocenters. The first kappa shape index (κ1) is 29.8. The SMILES string of the molecule is C/C=C\c1c(CC)c(/C=C\CC)c(C)c2ccc(-c3ccc(\C=C/C(C)=C\C=C\C)c(-c4ccccc4C)c3)cc12. The zero-order valence-corrected chi connectivity index (χ0v) is 25.9. The Morgan fingerprint density at radius 1 is 0.732 bits per heavy atom. The van der Waals surface area contributed by atoms with Crippen molar-refractivity contribution in [2.45, 2.75) is 61.3 Å². The molecule has 4 aromatic carbocycles. The van der Waals surface area contributed by atoms with Gasteiger partial charge in [-0.15, -0.1) is 0 Å². The summed E-state index contributed by atoms with van der Waals surface area (Å²) in [6.45, 7) is 15.3. The summed E-state index contributed by atoms with van der Waals surface area (Å²) in [4.78, 5) is 0. The van der Waals surface area contributed by atoms with E-state index in [1.54, 1.807) is 0 Å². The number of fused-ring (bicyclic) bond motifs is 1. The molecule has 41 heavy (non-hydrogen) atoms. The lowest BCUT2D eigenvalue weighted by molar-refractivity contribution is 1.12. The Bertz CT molecular complexity index is 1680. The van der Waals surface area contributed by atoms with E-state index in [4.69, 9.17) is 0 Å². The molecule has 0 atom stereocenters. The van der Waals surface area contributed by atoms with Crippen LogP contribution in [0.15, 0.2) is 103 Å². The van der Waals surface area contributed by atoms with Gasteiger partial charge in [0, 0.05) is 0 Å². The van der Waals surface area contributed by atoms with Gasteiger partial charge in [0.05, 0.1) is 0 Å². The molecule has 208 valence electrons. The first-order chi connectivity index (χ1) is 19.9. The second kappa shape index (κ2) is 14.0. The summed E-state index contributed by atoms with van der Waals surface area (Å²) in [5.41, 5.74) is 14.3. The zero-order chi connectivity index (χ0) is 29.4. The van der Waals surface area contributed by atoms with Crippen LogP contribution in [0.5, 0.6) is 0 Å². The summed E-state index contributed by atoms with van der Waals surface area (Å²) in [5, 5.41) is 2.66. The highest BCUT2D eigenvalue weighted by Gasteiger charge is 2.15. The summed E-state index contributed by atoms with van der Waals surface area (Å²) < 4.78 is 0. The summed E-state index contributed by atoms with van der Waals surface area (Å²) in [6, 6.07) is 22.6. The van der Waals surface area contributed by atoms with Crippen molar-refractivity contribution in [1.29, 1.82) is 0 Å². The van der Waals surface area contributed by atoms with Gasteiger partial charge in [-0.2, -0.15) is 0 Å². The maximum Gasteiger partial charge on any atom is -0.00995 e. The van der Waals surface area contributed by atoms with Crippen molar-refractivity contribution in [1.82, 2.24) is 0 Å². The van der Waals surface area contributed by atoms with Gasteiger partial charge in [-0.05, 0) is 126 Å². The van der Waals surface area contributed by atoms with E-state index >= 15 is 0 Å². The van der Waals surface area contributed by atoms with Crippen LogP contribution in [0, 0.1) is 13.8 Å². The number of hydrogen-bond acceptors (Lipinski definition) is 0. The van der Waals surface area contributed by atoms with Gasteiger partial charge in [-0.25, -0.2) is 0 Å². The predicted molar refractivity (Wildman–Crippen MR) is 185 cm³/mol. The van der Waals surface area contributed by atoms with Gasteiger partial charge in [0.25, 0.3) is 0 Å². The lowest BCUT2D eigenvalue weighted by Gasteiger charge is -2.18. The number of aryl methyl sites for hydroxylation is 2. The fraction of sp³-hybridized carbons (Fsp3) is 0.220. The van der Waals surface area contributed by atoms with Crippen LogP contribution in [-0.2, 0) is 6.42 Å². The number of hydrogen-bond donors (Lipinski definition) is 0. The Balaban J connectivity index is 1.94. The molecule has 0 nitrogen and oxygen atoms in total. The number of rotatable bonds is 9. The Kier molecular flexibility index (Phi) is 10.1. The second-order valence-corrected chi connectivity index (χ2v) is 10.7. The van der Waals surface area contributed by atoms with E-state index < -0.39 is 0 Å². The summed E-state index contributed by atoms with van der Waals surface area (Å²) in [7, 11) is 0. The first-order valence-electron chi connectivity index (χ1n) is 15.0. The third-order valence-electron chi connectivity index (χ3n) is 7.87. The monoisotopic (exact) mass is 536 g/mol. The quantitative estimate of drug-likeness (QED) is 0.187. The first-order valence-corrected chi connectivity index (χ1v) is 15.0. The van der Waals surface area contributed by atoms with Crippen molar-refractivity contribution in [3.63, 3.8) is 0 Å². The molecular formula is C41H44. The minimum Gasteiger partial charge on any atom is -0.0877 e. The Labute approximate surface area is 248 Å². The lowest BCUT2D eigenvalue weighted by Crippen LogP contribution is -1.98. The van der Waals surface area contributed by atoms with Gasteiger partial charge in [0.15, 0.2) is 0 Å². The highest BCUT2D eigenvalue weighted by molar-refractivity contribution is 6.00. The maximum atomic E-state index is 2.40. The molecule has 0 N–H and O–H groups in total. The summed E-state index contributed by atoms with van der Waals surface area (Å²) >= 11 is 0. The average Bonchev–Trinajstić information content (AvgIpc) is 2.99. The van der Waals surface area contributed by atoms with E-state index in [1.807, 2.05) is 6.92 Å². The molecule has 0 spiro atoms. The molecule has 0 aliphatic rings. The van der Waals surface area contributed by atoms with Crippen LogP contribution in [0.4, 0.5) is 0 Å². The van der Waals surface area contributed by atoms with Gasteiger partial charge in [-0.3, -0.25) is 0 Å². The minimum absolute atomic E-state index is 1.00. The third-order valence-corrected chi connectivity index (χ3v) is 7.87. The summed E-state index contributed by atoms with van der Waals surface area (Å²) in [5.74, 6) is 0. The van der Waals surface area contributed by atoms with E-state index in [0.29, 0.717) is 0 Å². The molecule has 0 heteroatoms. The standard InChI is InChI=1S/C41H44/c1-8-12-17-29(5)21-22-32-23-24-33(27-40(32)36-20-15-14-18-30(36)6)34-25-26-38-31(7)37(19-13-9-2)35(11-4)39(16-10-3)41(38)28-34/h8,10,12-28H,9,11H2,1-7H3/b12-8+,16-10-,19-13-,22-21-,29-17-. The van der Waals surface area contributed by atoms with E-state index in [0.717, 1.165) is 12.8 Å². The molecule has 0 heterocycles. The van der Waals surface area contributed by atoms with Gasteiger partial charge >= 0.3 is 0 Å². The molecule has 0 saturated heterocycles. The topological polar surface area (TPSA) is 0 Å². The molecule has 0 aliphatic carbocycles. The molecule has 0 bridgehead atoms. The Morgan fingerprint density at radius 2 is 1.49 bits per heavy atom. The molecule has 0 aromatic heterocycles. The van der Waals surface area contributed by atoms with Crippen LogP contribution in [0.25, 0.3) is 51.3 Å². The number of allylic oxidation sites excluding steroid dienone is 7. The van der Waals surface area contributed by atoms with E-state index in [2.05, 4.69) is 157 Å². The Hall–Kier alpha value is -4.16. The third kappa shape index (κ3) is 6.60. The highest BCUT2D eigenvalue weighted by atomic mass is 14.2. The van der Waals surface area contributed by atoms with Crippen LogP contribution >= 0.6 is 0 Å². The van der Waals surface area contributed by atoms with Gasteiger partial charge in [0.2, 0.25) is 0 Å². The normalized spacial score (nSPS) is 12.7. The van der Waals surface area contributed by atoms with Crippen molar-refractivity contribution in [3.8, 4) is 22.3 Å². The smallest absolute Gasteiger partial charge is 0.00995 e. The molecule has 0 radical (unpaired) electrons. The van der Waals surface area contributed by atoms with E-state index in [9.17, 15) is 0 Å². The fourth-order valence-corrected chi connectivity index (χ4v) is 5.67. The molecule has 0 amide bonds. The molecule has 0 fully saturated rings. The van der Waals surface area contributed by atoms with Crippen molar-refractivity contribution >= 4 is 29.0 Å². The summed E-state index contributed by atoms with van der Waals surface area (Å²) in [6.07, 6.45) is 21.9. The minimum atomic E-state index is 1.00. The van der Waals surface area contributed by atoms with Crippen molar-refractivity contribution in [2.75, 3.05) is 0 Å². The van der Waals surface area contributed by atoms with Crippen LogP contribution in [0.3, 0.4) is 0 Å². The maximum absolute atomic E-state index is 2.40. The fourth-order valence-electron chi connectivity index (χ4n) is 5.67. The number of benzene rings is 4. The van der Waals surface area contributed by atoms with E-state index in [1.165, 1.54) is 72.0 Å². The van der Waals surface area contributed by atoms with Gasteiger partial charge in [-0.1, -0.05) is 123 Å². The van der Waals surface area contributed by atoms with Crippen LogP contribution < -0.4 is 0 Å². The molecule has 4 aromatic rings. The largest absolute Gasteiger partial charge is 0.0877 e. The predicted octanol–water partition coefficient (Wildman–Crippen LogP) is 12.3. The van der Waals surface area contributed by atoms with Crippen molar-refractivity contribution in [2.24, 2.45) is 0 Å². The molecular weight excluding hydrogens is 492 g/mol. The van der Waals surface area contributed by atoms with Crippen molar-refractivity contribution in [3.05, 3.63) is 136 Å². The van der Waals surface area contributed by atoms with Crippen LogP contribution in [-0.4, -0.2) is 0 Å². The van der Waals surface area contributed by atoms with Crippen molar-refractivity contribution < 1.29 is 0 Å². The van der Waals surface area contributed by atoms with Crippen LogP contribution in [0.2, 0.25) is 0 Å². The zero-order valence-electron chi connectivity index (χ0n) is 25.9. The Morgan fingerprint density at radius 3 is 2.20 bits per heavy atom. The van der Waals surface area contributed by atoms with Gasteiger partial charge < -0.3 is 0 Å². The van der Waals surface area contributed by atoms with E-state index in [-0.39, 0.29) is 0 Å². The molecule has 4 rings (SSSR count). The lowest BCUT2D eigenvalue weighted by atomic mass is 9.86. The van der Waals surface area contributed by atoms with Crippen LogP contribution in [0.1, 0.15) is 74.4 Å². The van der Waals surface area contributed by atoms with Gasteiger partial charge in [0.1, 0.15) is 0 Å². The molecule has 0 saturated carbocycles. The highest BCUT2D eigenvalue weighted by Crippen LogP contribution is 2.37. The average molecular weight is 537 g/mol.